The van der Waals surface area contributed by atoms with Gasteiger partial charge in [-0.15, -0.1) is 0 Å². The zero-order chi connectivity index (χ0) is 12.6. The van der Waals surface area contributed by atoms with Crippen molar-refractivity contribution in [3.63, 3.8) is 0 Å². The van der Waals surface area contributed by atoms with Gasteiger partial charge < -0.3 is 5.32 Å². The van der Waals surface area contributed by atoms with Crippen LogP contribution in [0.3, 0.4) is 0 Å². The summed E-state index contributed by atoms with van der Waals surface area (Å²) in [5, 5.41) is 2.80. The molecule has 0 atom stereocenters. The van der Waals surface area contributed by atoms with Gasteiger partial charge in [0.2, 0.25) is 5.91 Å². The van der Waals surface area contributed by atoms with Crippen molar-refractivity contribution in [1.29, 1.82) is 0 Å². The number of pyridine rings is 1. The SMILES string of the molecule is CC.CC(C)(C)CC(=O)Nc1cccnc1. The molecular formula is C13H22N2O. The van der Waals surface area contributed by atoms with Crippen molar-refractivity contribution in [1.82, 2.24) is 4.98 Å². The number of anilines is 1. The van der Waals surface area contributed by atoms with Crippen LogP contribution >= 0.6 is 0 Å². The molecule has 0 aromatic carbocycles. The fraction of sp³-hybridized carbons (Fsp3) is 0.538. The number of carbonyl (C=O) groups is 1. The first-order valence-electron chi connectivity index (χ1n) is 5.67. The van der Waals surface area contributed by atoms with E-state index in [4.69, 9.17) is 0 Å². The lowest BCUT2D eigenvalue weighted by Gasteiger charge is -2.17. The van der Waals surface area contributed by atoms with Crippen LogP contribution in [0.2, 0.25) is 0 Å². The molecule has 0 saturated heterocycles. The molecule has 1 aromatic rings. The van der Waals surface area contributed by atoms with Gasteiger partial charge in [0.05, 0.1) is 11.9 Å². The maximum absolute atomic E-state index is 11.5. The van der Waals surface area contributed by atoms with Crippen molar-refractivity contribution >= 4 is 11.6 Å². The van der Waals surface area contributed by atoms with Gasteiger partial charge in [0.1, 0.15) is 0 Å². The fourth-order valence-electron chi connectivity index (χ4n) is 1.12. The normalized spacial score (nSPS) is 10.1. The van der Waals surface area contributed by atoms with E-state index in [0.717, 1.165) is 5.69 Å². The van der Waals surface area contributed by atoms with Gasteiger partial charge in [0, 0.05) is 12.6 Å². The Morgan fingerprint density at radius 3 is 2.44 bits per heavy atom. The molecule has 0 aliphatic heterocycles. The van der Waals surface area contributed by atoms with Crippen LogP contribution in [-0.4, -0.2) is 10.9 Å². The van der Waals surface area contributed by atoms with Gasteiger partial charge >= 0.3 is 0 Å². The van der Waals surface area contributed by atoms with Gasteiger partial charge in [-0.3, -0.25) is 9.78 Å². The van der Waals surface area contributed by atoms with Crippen LogP contribution in [0, 0.1) is 5.41 Å². The van der Waals surface area contributed by atoms with E-state index in [1.165, 1.54) is 0 Å². The number of carbonyl (C=O) groups excluding carboxylic acids is 1. The number of nitrogens with zero attached hydrogens (tertiary/aromatic N) is 1. The summed E-state index contributed by atoms with van der Waals surface area (Å²) in [4.78, 5) is 15.4. The first-order chi connectivity index (χ1) is 7.47. The molecule has 1 N–H and O–H groups in total. The van der Waals surface area contributed by atoms with Crippen LogP contribution in [0.4, 0.5) is 5.69 Å². The molecule has 0 unspecified atom stereocenters. The number of hydrogen-bond acceptors (Lipinski definition) is 2. The third-order valence-electron chi connectivity index (χ3n) is 1.64. The standard InChI is InChI=1S/C11H16N2O.C2H6/c1-11(2,3)7-10(14)13-9-5-4-6-12-8-9;1-2/h4-6,8H,7H2,1-3H3,(H,13,14);1-2H3. The second kappa shape index (κ2) is 6.99. The first kappa shape index (κ1) is 14.6. The van der Waals surface area contributed by atoms with Crippen molar-refractivity contribution in [3.05, 3.63) is 24.5 Å². The van der Waals surface area contributed by atoms with E-state index in [-0.39, 0.29) is 11.3 Å². The van der Waals surface area contributed by atoms with Gasteiger partial charge in [0.15, 0.2) is 0 Å². The first-order valence-corrected chi connectivity index (χ1v) is 5.67. The van der Waals surface area contributed by atoms with Gasteiger partial charge in [-0.1, -0.05) is 34.6 Å². The highest BCUT2D eigenvalue weighted by molar-refractivity contribution is 5.90. The van der Waals surface area contributed by atoms with E-state index in [9.17, 15) is 4.79 Å². The van der Waals surface area contributed by atoms with Gasteiger partial charge in [0.25, 0.3) is 0 Å². The van der Waals surface area contributed by atoms with E-state index in [2.05, 4.69) is 10.3 Å². The topological polar surface area (TPSA) is 42.0 Å². The molecule has 1 heterocycles. The van der Waals surface area contributed by atoms with Crippen molar-refractivity contribution in [2.45, 2.75) is 41.0 Å². The Kier molecular flexibility index (Phi) is 6.38. The molecule has 3 heteroatoms. The number of amides is 1. The Hall–Kier alpha value is -1.38. The monoisotopic (exact) mass is 222 g/mol. The van der Waals surface area contributed by atoms with Crippen molar-refractivity contribution < 1.29 is 4.79 Å². The Balaban J connectivity index is 0.00000106. The summed E-state index contributed by atoms with van der Waals surface area (Å²) in [5.41, 5.74) is 0.772. The summed E-state index contributed by atoms with van der Waals surface area (Å²) in [6, 6.07) is 3.63. The quantitative estimate of drug-likeness (QED) is 0.832. The second-order valence-electron chi connectivity index (χ2n) is 4.53. The fourth-order valence-corrected chi connectivity index (χ4v) is 1.12. The molecule has 0 radical (unpaired) electrons. The van der Waals surface area contributed by atoms with E-state index in [1.807, 2.05) is 40.7 Å². The molecule has 0 aliphatic carbocycles. The van der Waals surface area contributed by atoms with Gasteiger partial charge in [-0.05, 0) is 17.5 Å². The number of aromatic nitrogens is 1. The predicted octanol–water partition coefficient (Wildman–Crippen LogP) is 3.48. The Morgan fingerprint density at radius 1 is 1.38 bits per heavy atom. The Labute approximate surface area is 98.3 Å². The van der Waals surface area contributed by atoms with Gasteiger partial charge in [-0.2, -0.15) is 0 Å². The van der Waals surface area contributed by atoms with Crippen LogP contribution < -0.4 is 5.32 Å². The smallest absolute Gasteiger partial charge is 0.224 e. The summed E-state index contributed by atoms with van der Waals surface area (Å²) >= 11 is 0. The average molecular weight is 222 g/mol. The van der Waals surface area contributed by atoms with Gasteiger partial charge in [-0.25, -0.2) is 0 Å². The Bertz CT molecular complexity index is 301. The summed E-state index contributed by atoms with van der Waals surface area (Å²) in [7, 11) is 0. The largest absolute Gasteiger partial charge is 0.325 e. The van der Waals surface area contributed by atoms with Crippen LogP contribution in [0.1, 0.15) is 41.0 Å². The van der Waals surface area contributed by atoms with E-state index < -0.39 is 0 Å². The second-order valence-corrected chi connectivity index (χ2v) is 4.53. The lowest BCUT2D eigenvalue weighted by molar-refractivity contribution is -0.117. The molecule has 0 fully saturated rings. The summed E-state index contributed by atoms with van der Waals surface area (Å²) < 4.78 is 0. The predicted molar refractivity (Wildman–Crippen MR) is 68.3 cm³/mol. The maximum Gasteiger partial charge on any atom is 0.224 e. The highest BCUT2D eigenvalue weighted by atomic mass is 16.1. The molecule has 0 bridgehead atoms. The molecule has 1 rings (SSSR count). The number of rotatable bonds is 2. The summed E-state index contributed by atoms with van der Waals surface area (Å²) in [6.07, 6.45) is 3.84. The summed E-state index contributed by atoms with van der Waals surface area (Å²) in [6.45, 7) is 10.1. The molecule has 1 aromatic heterocycles. The maximum atomic E-state index is 11.5. The average Bonchev–Trinajstić information content (AvgIpc) is 2.19. The third kappa shape index (κ3) is 6.98. The minimum Gasteiger partial charge on any atom is -0.325 e. The van der Waals surface area contributed by atoms with Crippen LogP contribution in [-0.2, 0) is 4.79 Å². The molecule has 1 amide bonds. The van der Waals surface area contributed by atoms with E-state index >= 15 is 0 Å². The minimum atomic E-state index is 0.0201. The zero-order valence-electron chi connectivity index (χ0n) is 10.9. The van der Waals surface area contributed by atoms with Crippen molar-refractivity contribution in [2.24, 2.45) is 5.41 Å². The molecule has 0 spiro atoms. The summed E-state index contributed by atoms with van der Waals surface area (Å²) in [5.74, 6) is 0.0329. The van der Waals surface area contributed by atoms with E-state index in [0.29, 0.717) is 6.42 Å². The number of hydrogen-bond donors (Lipinski definition) is 1. The third-order valence-corrected chi connectivity index (χ3v) is 1.64. The number of nitrogens with one attached hydrogen (secondary N) is 1. The zero-order valence-corrected chi connectivity index (χ0v) is 10.9. The van der Waals surface area contributed by atoms with E-state index in [1.54, 1.807) is 18.5 Å². The molecule has 90 valence electrons. The molecule has 0 aliphatic rings. The lowest BCUT2D eigenvalue weighted by Crippen LogP contribution is -2.19. The van der Waals surface area contributed by atoms with Crippen LogP contribution in [0.15, 0.2) is 24.5 Å². The Morgan fingerprint density at radius 2 is 2.00 bits per heavy atom. The van der Waals surface area contributed by atoms with Crippen molar-refractivity contribution in [3.8, 4) is 0 Å². The molecule has 0 saturated carbocycles. The highest BCUT2D eigenvalue weighted by Gasteiger charge is 2.15. The van der Waals surface area contributed by atoms with Crippen LogP contribution in [0.25, 0.3) is 0 Å². The molecular weight excluding hydrogens is 200 g/mol. The molecule has 16 heavy (non-hydrogen) atoms. The minimum absolute atomic E-state index is 0.0201. The van der Waals surface area contributed by atoms with Crippen molar-refractivity contribution in [2.75, 3.05) is 5.32 Å². The lowest BCUT2D eigenvalue weighted by atomic mass is 9.92. The molecule has 3 nitrogen and oxygen atoms in total. The highest BCUT2D eigenvalue weighted by Crippen LogP contribution is 2.19. The van der Waals surface area contributed by atoms with Crippen LogP contribution in [0.5, 0.6) is 0 Å².